The van der Waals surface area contributed by atoms with E-state index in [4.69, 9.17) is 32.7 Å². The van der Waals surface area contributed by atoms with Gasteiger partial charge in [0, 0.05) is 5.02 Å². The highest BCUT2D eigenvalue weighted by Gasteiger charge is 2.46. The molecular weight excluding hydrogens is 487 g/mol. The molecule has 0 N–H and O–H groups in total. The van der Waals surface area contributed by atoms with E-state index in [-0.39, 0.29) is 40.8 Å². The lowest BCUT2D eigenvalue weighted by Crippen LogP contribution is -2.42. The highest BCUT2D eigenvalue weighted by Crippen LogP contribution is 2.36. The molecule has 198 valence electrons. The van der Waals surface area contributed by atoms with Crippen molar-refractivity contribution in [1.82, 2.24) is 0 Å². The average Bonchev–Trinajstić information content (AvgIpc) is 2.84. The summed E-state index contributed by atoms with van der Waals surface area (Å²) in [5.41, 5.74) is -1.41. The number of carbonyl (C=O) groups is 3. The van der Waals surface area contributed by atoms with Crippen LogP contribution in [0.1, 0.15) is 121 Å². The van der Waals surface area contributed by atoms with Gasteiger partial charge in [-0.2, -0.15) is 0 Å². The first-order valence-corrected chi connectivity index (χ1v) is 14.0. The lowest BCUT2D eigenvalue weighted by Gasteiger charge is -2.27. The van der Waals surface area contributed by atoms with E-state index in [1.807, 2.05) is 0 Å². The van der Waals surface area contributed by atoms with Crippen LogP contribution in [-0.2, 0) is 14.3 Å². The van der Waals surface area contributed by atoms with Crippen molar-refractivity contribution in [2.75, 3.05) is 6.61 Å². The summed E-state index contributed by atoms with van der Waals surface area (Å²) in [5.74, 6) is -1.49. The third kappa shape index (κ3) is 10.5. The lowest BCUT2D eigenvalue weighted by molar-refractivity contribution is -0.168. The Bertz CT molecular complexity index is 790. The van der Waals surface area contributed by atoms with Crippen LogP contribution < -0.4 is 4.74 Å². The average molecular weight is 530 g/mol. The number of aldehydes is 1. The highest BCUT2D eigenvalue weighted by atomic mass is 35.5. The number of carbonyl (C=O) groups excluding carboxylic acids is 3. The molecule has 0 aliphatic rings. The fourth-order valence-corrected chi connectivity index (χ4v) is 4.67. The zero-order chi connectivity index (χ0) is 26.1. The van der Waals surface area contributed by atoms with Crippen molar-refractivity contribution < 1.29 is 23.9 Å². The quantitative estimate of drug-likeness (QED) is 0.0589. The van der Waals surface area contributed by atoms with E-state index >= 15 is 0 Å². The Labute approximate surface area is 221 Å². The molecule has 0 amide bonds. The van der Waals surface area contributed by atoms with E-state index in [9.17, 15) is 14.4 Å². The Hall–Kier alpha value is -1.59. The predicted molar refractivity (Wildman–Crippen MR) is 143 cm³/mol. The zero-order valence-corrected chi connectivity index (χ0v) is 23.1. The van der Waals surface area contributed by atoms with Gasteiger partial charge in [0.15, 0.2) is 17.5 Å². The van der Waals surface area contributed by atoms with E-state index in [0.717, 1.165) is 19.3 Å². The van der Waals surface area contributed by atoms with Gasteiger partial charge in [-0.1, -0.05) is 115 Å². The second-order valence-corrected chi connectivity index (χ2v) is 9.97. The molecule has 0 aliphatic carbocycles. The Kier molecular flexibility index (Phi) is 16.0. The van der Waals surface area contributed by atoms with E-state index < -0.39 is 17.4 Å². The fourth-order valence-electron chi connectivity index (χ4n) is 4.12. The Morgan fingerprint density at radius 1 is 0.800 bits per heavy atom. The van der Waals surface area contributed by atoms with Crippen molar-refractivity contribution in [1.29, 1.82) is 0 Å². The van der Waals surface area contributed by atoms with Crippen LogP contribution in [0.2, 0.25) is 10.0 Å². The molecule has 7 heteroatoms. The maximum absolute atomic E-state index is 13.0. The van der Waals surface area contributed by atoms with Crippen LogP contribution in [0.4, 0.5) is 0 Å². The van der Waals surface area contributed by atoms with E-state index in [1.165, 1.54) is 69.9 Å². The maximum atomic E-state index is 13.0. The molecule has 1 aromatic carbocycles. The molecule has 5 nitrogen and oxygen atoms in total. The molecule has 0 heterocycles. The van der Waals surface area contributed by atoms with Crippen LogP contribution in [-0.4, -0.2) is 24.8 Å². The second kappa shape index (κ2) is 17.8. The van der Waals surface area contributed by atoms with Gasteiger partial charge >= 0.3 is 11.9 Å². The molecule has 0 saturated heterocycles. The molecule has 0 atom stereocenters. The highest BCUT2D eigenvalue weighted by molar-refractivity contribution is 6.36. The summed E-state index contributed by atoms with van der Waals surface area (Å²) in [4.78, 5) is 37.3. The Morgan fingerprint density at radius 3 is 1.80 bits per heavy atom. The molecule has 1 aromatic rings. The summed E-state index contributed by atoms with van der Waals surface area (Å²) < 4.78 is 10.9. The van der Waals surface area contributed by atoms with Crippen LogP contribution >= 0.6 is 23.2 Å². The topological polar surface area (TPSA) is 69.7 Å². The predicted octanol–water partition coefficient (Wildman–Crippen LogP) is 8.76. The minimum atomic E-state index is -1.46. The lowest BCUT2D eigenvalue weighted by atomic mass is 9.82. The number of esters is 2. The minimum Gasteiger partial charge on any atom is -0.465 e. The molecular formula is C28H42Cl2O5. The van der Waals surface area contributed by atoms with Gasteiger partial charge in [-0.15, -0.1) is 0 Å². The van der Waals surface area contributed by atoms with Crippen LogP contribution in [0.25, 0.3) is 0 Å². The third-order valence-corrected chi connectivity index (χ3v) is 7.08. The van der Waals surface area contributed by atoms with Crippen molar-refractivity contribution in [2.24, 2.45) is 5.41 Å². The maximum Gasteiger partial charge on any atom is 0.328 e. The summed E-state index contributed by atoms with van der Waals surface area (Å²) in [5, 5.41) is 0.273. The molecule has 0 unspecified atom stereocenters. The molecule has 0 saturated carbocycles. The second-order valence-electron chi connectivity index (χ2n) is 9.13. The van der Waals surface area contributed by atoms with Crippen molar-refractivity contribution in [3.05, 3.63) is 27.7 Å². The van der Waals surface area contributed by atoms with Crippen LogP contribution in [0, 0.1) is 5.41 Å². The normalized spacial score (nSPS) is 11.3. The SMILES string of the molecule is CCCCCCCCCCCCCCOC(=O)C(CC)(CC)C(=O)Oc1c(Cl)cc(Cl)cc1C=O. The van der Waals surface area contributed by atoms with Gasteiger partial charge in [0.2, 0.25) is 0 Å². The summed E-state index contributed by atoms with van der Waals surface area (Å²) in [6.45, 7) is 5.98. The van der Waals surface area contributed by atoms with Gasteiger partial charge in [0.05, 0.1) is 17.2 Å². The number of unbranched alkanes of at least 4 members (excludes halogenated alkanes) is 11. The van der Waals surface area contributed by atoms with Gasteiger partial charge in [-0.25, -0.2) is 0 Å². The smallest absolute Gasteiger partial charge is 0.328 e. The third-order valence-electron chi connectivity index (χ3n) is 6.58. The first kappa shape index (κ1) is 31.4. The molecule has 0 bridgehead atoms. The van der Waals surface area contributed by atoms with E-state index in [1.54, 1.807) is 13.8 Å². The molecule has 1 rings (SSSR count). The van der Waals surface area contributed by atoms with Gasteiger partial charge in [0.1, 0.15) is 0 Å². The van der Waals surface area contributed by atoms with Crippen molar-refractivity contribution >= 4 is 41.4 Å². The monoisotopic (exact) mass is 528 g/mol. The van der Waals surface area contributed by atoms with Crippen LogP contribution in [0.3, 0.4) is 0 Å². The van der Waals surface area contributed by atoms with Crippen molar-refractivity contribution in [2.45, 2.75) is 111 Å². The molecule has 0 spiro atoms. The van der Waals surface area contributed by atoms with E-state index in [0.29, 0.717) is 6.29 Å². The van der Waals surface area contributed by atoms with Gasteiger partial charge < -0.3 is 9.47 Å². The van der Waals surface area contributed by atoms with Gasteiger partial charge in [0.25, 0.3) is 0 Å². The van der Waals surface area contributed by atoms with Crippen molar-refractivity contribution in [3.8, 4) is 5.75 Å². The molecule has 35 heavy (non-hydrogen) atoms. The standard InChI is InChI=1S/C28H42Cl2O5/c1-4-7-8-9-10-11-12-13-14-15-16-17-18-34-26(32)28(5-2,6-3)27(33)35-25-22(21-31)19-23(29)20-24(25)30/h19-21H,4-18H2,1-3H3. The number of hydrogen-bond acceptors (Lipinski definition) is 5. The molecule has 0 aromatic heterocycles. The summed E-state index contributed by atoms with van der Waals surface area (Å²) in [7, 11) is 0. The Balaban J connectivity index is 2.44. The number of hydrogen-bond donors (Lipinski definition) is 0. The molecule has 0 radical (unpaired) electrons. The molecule has 0 aliphatic heterocycles. The minimum absolute atomic E-state index is 0.0268. The zero-order valence-electron chi connectivity index (χ0n) is 21.6. The largest absolute Gasteiger partial charge is 0.465 e. The first-order valence-electron chi connectivity index (χ1n) is 13.2. The summed E-state index contributed by atoms with van der Waals surface area (Å²) in [6.07, 6.45) is 15.6. The van der Waals surface area contributed by atoms with E-state index in [2.05, 4.69) is 6.92 Å². The van der Waals surface area contributed by atoms with Crippen molar-refractivity contribution in [3.63, 3.8) is 0 Å². The van der Waals surface area contributed by atoms with Gasteiger partial charge in [-0.3, -0.25) is 14.4 Å². The van der Waals surface area contributed by atoms with Crippen LogP contribution in [0.5, 0.6) is 5.75 Å². The number of benzene rings is 1. The fraction of sp³-hybridized carbons (Fsp3) is 0.679. The summed E-state index contributed by atoms with van der Waals surface area (Å²) in [6, 6.07) is 2.73. The Morgan fingerprint density at radius 2 is 1.31 bits per heavy atom. The van der Waals surface area contributed by atoms with Crippen LogP contribution in [0.15, 0.2) is 12.1 Å². The number of halogens is 2. The first-order chi connectivity index (χ1) is 16.9. The molecule has 0 fully saturated rings. The number of rotatable bonds is 19. The summed E-state index contributed by atoms with van der Waals surface area (Å²) >= 11 is 12.1. The number of ether oxygens (including phenoxy) is 2. The van der Waals surface area contributed by atoms with Gasteiger partial charge in [-0.05, 0) is 31.4 Å².